The third-order valence-electron chi connectivity index (χ3n) is 1.95. The highest BCUT2D eigenvalue weighted by Gasteiger charge is 2.11. The van der Waals surface area contributed by atoms with E-state index in [0.29, 0.717) is 16.8 Å². The number of aryl methyl sites for hydroxylation is 2. The van der Waals surface area contributed by atoms with Gasteiger partial charge < -0.3 is 5.11 Å². The molecular formula is C9H12BrNO3S. The molecule has 1 rings (SSSR count). The number of alkyl halides is 1. The number of aromatic hydroxyl groups is 1. The van der Waals surface area contributed by atoms with Gasteiger partial charge in [0.05, 0.1) is 5.69 Å². The molecule has 4 nitrogen and oxygen atoms in total. The largest absolute Gasteiger partial charge is 0.508 e. The van der Waals surface area contributed by atoms with E-state index < -0.39 is 10.0 Å². The second kappa shape index (κ2) is 4.40. The number of rotatable bonds is 3. The van der Waals surface area contributed by atoms with E-state index in [1.54, 1.807) is 19.9 Å². The summed E-state index contributed by atoms with van der Waals surface area (Å²) in [6, 6.07) is 3.13. The molecule has 0 bridgehead atoms. The van der Waals surface area contributed by atoms with Crippen LogP contribution in [-0.2, 0) is 10.0 Å². The molecule has 1 aromatic carbocycles. The van der Waals surface area contributed by atoms with E-state index in [1.807, 2.05) is 0 Å². The fraction of sp³-hybridized carbons (Fsp3) is 0.333. The first kappa shape index (κ1) is 12.3. The van der Waals surface area contributed by atoms with Crippen LogP contribution in [0.5, 0.6) is 5.75 Å². The molecule has 0 spiro atoms. The molecule has 1 aromatic rings. The summed E-state index contributed by atoms with van der Waals surface area (Å²) in [4.78, 5) is 0. The summed E-state index contributed by atoms with van der Waals surface area (Å²) in [6.45, 7) is 3.44. The average molecular weight is 294 g/mol. The predicted molar refractivity (Wildman–Crippen MR) is 63.9 cm³/mol. The van der Waals surface area contributed by atoms with Gasteiger partial charge in [0.25, 0.3) is 0 Å². The topological polar surface area (TPSA) is 66.4 Å². The number of phenols is 1. The first-order valence-electron chi connectivity index (χ1n) is 4.22. The SMILES string of the molecule is Cc1cc(NS(=O)(=O)CBr)c(C)cc1O. The summed E-state index contributed by atoms with van der Waals surface area (Å²) in [5.74, 6) is 0.161. The van der Waals surface area contributed by atoms with Gasteiger partial charge in [-0.2, -0.15) is 0 Å². The molecule has 0 aliphatic carbocycles. The Labute approximate surface area is 97.5 Å². The maximum absolute atomic E-state index is 11.3. The van der Waals surface area contributed by atoms with Crippen LogP contribution in [-0.4, -0.2) is 18.2 Å². The van der Waals surface area contributed by atoms with Crippen LogP contribution in [0.15, 0.2) is 12.1 Å². The van der Waals surface area contributed by atoms with Gasteiger partial charge in [-0.05, 0) is 37.1 Å². The molecule has 0 saturated carbocycles. The van der Waals surface area contributed by atoms with E-state index in [2.05, 4.69) is 20.7 Å². The zero-order chi connectivity index (χ0) is 11.6. The van der Waals surface area contributed by atoms with Crippen LogP contribution in [0.4, 0.5) is 5.69 Å². The van der Waals surface area contributed by atoms with E-state index >= 15 is 0 Å². The molecule has 0 aliphatic rings. The van der Waals surface area contributed by atoms with Gasteiger partial charge in [0.1, 0.15) is 10.4 Å². The van der Waals surface area contributed by atoms with Crippen LogP contribution >= 0.6 is 15.9 Å². The van der Waals surface area contributed by atoms with Crippen molar-refractivity contribution in [3.05, 3.63) is 23.3 Å². The highest BCUT2D eigenvalue weighted by molar-refractivity contribution is 9.10. The molecule has 0 amide bonds. The van der Waals surface area contributed by atoms with Crippen molar-refractivity contribution in [2.24, 2.45) is 0 Å². The lowest BCUT2D eigenvalue weighted by Gasteiger charge is -2.10. The van der Waals surface area contributed by atoms with Crippen molar-refractivity contribution < 1.29 is 13.5 Å². The van der Waals surface area contributed by atoms with Gasteiger partial charge in [-0.1, -0.05) is 15.9 Å². The monoisotopic (exact) mass is 293 g/mol. The fourth-order valence-electron chi connectivity index (χ4n) is 1.11. The predicted octanol–water partition coefficient (Wildman–Crippen LogP) is 2.10. The lowest BCUT2D eigenvalue weighted by molar-refractivity contribution is 0.471. The Balaban J connectivity index is 3.12. The van der Waals surface area contributed by atoms with Crippen LogP contribution in [0.1, 0.15) is 11.1 Å². The van der Waals surface area contributed by atoms with Gasteiger partial charge in [-0.3, -0.25) is 4.72 Å². The lowest BCUT2D eigenvalue weighted by Crippen LogP contribution is -2.14. The maximum Gasteiger partial charge on any atom is 0.242 e. The molecule has 84 valence electrons. The molecule has 0 fully saturated rings. The van der Waals surface area contributed by atoms with E-state index in [-0.39, 0.29) is 10.4 Å². The summed E-state index contributed by atoms with van der Waals surface area (Å²) in [6.07, 6.45) is 0. The van der Waals surface area contributed by atoms with Gasteiger partial charge in [0.2, 0.25) is 10.0 Å². The van der Waals surface area contributed by atoms with Crippen molar-refractivity contribution in [1.82, 2.24) is 0 Å². The zero-order valence-corrected chi connectivity index (χ0v) is 10.8. The van der Waals surface area contributed by atoms with Crippen LogP contribution < -0.4 is 4.72 Å². The molecule has 2 N–H and O–H groups in total. The zero-order valence-electron chi connectivity index (χ0n) is 8.41. The summed E-state index contributed by atoms with van der Waals surface area (Å²) >= 11 is 2.89. The minimum Gasteiger partial charge on any atom is -0.508 e. The number of halogens is 1. The molecule has 0 radical (unpaired) electrons. The van der Waals surface area contributed by atoms with Gasteiger partial charge in [0.15, 0.2) is 0 Å². The number of hydrogen-bond donors (Lipinski definition) is 2. The lowest BCUT2D eigenvalue weighted by atomic mass is 10.1. The highest BCUT2D eigenvalue weighted by Crippen LogP contribution is 2.25. The Morgan fingerprint density at radius 1 is 1.33 bits per heavy atom. The molecule has 0 unspecified atom stereocenters. The van der Waals surface area contributed by atoms with Crippen molar-refractivity contribution >= 4 is 31.6 Å². The van der Waals surface area contributed by atoms with Crippen LogP contribution in [0.2, 0.25) is 0 Å². The number of sulfonamides is 1. The Morgan fingerprint density at radius 3 is 2.47 bits per heavy atom. The van der Waals surface area contributed by atoms with E-state index in [9.17, 15) is 13.5 Å². The summed E-state index contributed by atoms with van der Waals surface area (Å²) < 4.78 is 24.9. The van der Waals surface area contributed by atoms with Crippen molar-refractivity contribution in [3.8, 4) is 5.75 Å². The van der Waals surface area contributed by atoms with E-state index in [4.69, 9.17) is 0 Å². The third kappa shape index (κ3) is 3.10. The maximum atomic E-state index is 11.3. The Morgan fingerprint density at radius 2 is 1.93 bits per heavy atom. The first-order chi connectivity index (χ1) is 6.85. The Bertz CT molecular complexity index is 470. The van der Waals surface area contributed by atoms with Crippen molar-refractivity contribution in [2.45, 2.75) is 13.8 Å². The Kier molecular flexibility index (Phi) is 3.62. The standard InChI is InChI=1S/C9H12BrNO3S/c1-6-4-9(12)7(2)3-8(6)11-15(13,14)5-10/h3-4,11-12H,5H2,1-2H3. The number of benzene rings is 1. The second-order valence-corrected chi connectivity index (χ2v) is 6.30. The second-order valence-electron chi connectivity index (χ2n) is 3.28. The molecular weight excluding hydrogens is 282 g/mol. The molecule has 0 atom stereocenters. The summed E-state index contributed by atoms with van der Waals surface area (Å²) in [5, 5.41) is 9.39. The normalized spacial score (nSPS) is 11.4. The van der Waals surface area contributed by atoms with Crippen LogP contribution in [0.25, 0.3) is 0 Å². The minimum absolute atomic E-state index is 0.153. The first-order valence-corrected chi connectivity index (χ1v) is 7.00. The minimum atomic E-state index is -3.34. The van der Waals surface area contributed by atoms with Gasteiger partial charge in [0, 0.05) is 0 Å². The van der Waals surface area contributed by atoms with Crippen molar-refractivity contribution in [3.63, 3.8) is 0 Å². The number of anilines is 1. The highest BCUT2D eigenvalue weighted by atomic mass is 79.9. The number of phenolic OH excluding ortho intramolecular Hbond substituents is 1. The molecule has 0 heterocycles. The quantitative estimate of drug-likeness (QED) is 0.662. The van der Waals surface area contributed by atoms with Crippen LogP contribution in [0.3, 0.4) is 0 Å². The third-order valence-corrected chi connectivity index (χ3v) is 4.58. The molecule has 6 heteroatoms. The Hall–Kier alpha value is -0.750. The van der Waals surface area contributed by atoms with E-state index in [0.717, 1.165) is 0 Å². The van der Waals surface area contributed by atoms with Gasteiger partial charge in [-0.25, -0.2) is 8.42 Å². The summed E-state index contributed by atoms with van der Waals surface area (Å²) in [7, 11) is -3.34. The van der Waals surface area contributed by atoms with E-state index in [1.165, 1.54) is 6.07 Å². The molecule has 0 aromatic heterocycles. The average Bonchev–Trinajstić information content (AvgIpc) is 2.14. The fourth-order valence-corrected chi connectivity index (χ4v) is 2.06. The molecule has 0 saturated heterocycles. The van der Waals surface area contributed by atoms with Crippen molar-refractivity contribution in [2.75, 3.05) is 9.38 Å². The number of hydrogen-bond acceptors (Lipinski definition) is 3. The number of nitrogens with one attached hydrogen (secondary N) is 1. The molecule has 15 heavy (non-hydrogen) atoms. The molecule has 0 aliphatic heterocycles. The van der Waals surface area contributed by atoms with Gasteiger partial charge in [-0.15, -0.1) is 0 Å². The summed E-state index contributed by atoms with van der Waals surface area (Å²) in [5.41, 5.74) is 1.81. The van der Waals surface area contributed by atoms with Crippen molar-refractivity contribution in [1.29, 1.82) is 0 Å². The van der Waals surface area contributed by atoms with Crippen LogP contribution in [0, 0.1) is 13.8 Å². The smallest absolute Gasteiger partial charge is 0.242 e. The van der Waals surface area contributed by atoms with Gasteiger partial charge >= 0.3 is 0 Å².